The summed E-state index contributed by atoms with van der Waals surface area (Å²) in [7, 11) is 0. The van der Waals surface area contributed by atoms with E-state index < -0.39 is 10.7 Å². The second kappa shape index (κ2) is 5.96. The molecule has 0 amide bonds. The maximum absolute atomic E-state index is 13.1. The molecule has 0 bridgehead atoms. The van der Waals surface area contributed by atoms with Crippen molar-refractivity contribution in [2.24, 2.45) is 0 Å². The number of benzene rings is 1. The number of hydrogen-bond acceptors (Lipinski definition) is 5. The van der Waals surface area contributed by atoms with Gasteiger partial charge in [0.25, 0.3) is 0 Å². The Morgan fingerprint density at radius 2 is 2.15 bits per heavy atom. The maximum Gasteiger partial charge on any atom is 0.311 e. The number of nitrogens with one attached hydrogen (secondary N) is 2. The lowest BCUT2D eigenvalue weighted by Gasteiger charge is -2.09. The van der Waals surface area contributed by atoms with Crippen LogP contribution in [0.4, 0.5) is 27.4 Å². The van der Waals surface area contributed by atoms with Gasteiger partial charge < -0.3 is 10.6 Å². The lowest BCUT2D eigenvalue weighted by atomic mass is 10.3. The number of halogens is 1. The molecule has 0 radical (unpaired) electrons. The molecule has 7 heteroatoms. The molecule has 2 aromatic rings. The first kappa shape index (κ1) is 13.7. The number of hydrogen-bond donors (Lipinski definition) is 2. The minimum Gasteiger partial charge on any atom is -0.370 e. The lowest BCUT2D eigenvalue weighted by Crippen LogP contribution is -2.04. The number of pyridine rings is 1. The van der Waals surface area contributed by atoms with Gasteiger partial charge in [-0.3, -0.25) is 10.1 Å². The van der Waals surface area contributed by atoms with Crippen LogP contribution in [0.15, 0.2) is 36.4 Å². The van der Waals surface area contributed by atoms with Crippen LogP contribution in [0.3, 0.4) is 0 Å². The molecule has 20 heavy (non-hydrogen) atoms. The van der Waals surface area contributed by atoms with Gasteiger partial charge in [-0.05, 0) is 31.2 Å². The highest BCUT2D eigenvalue weighted by Gasteiger charge is 2.16. The van der Waals surface area contributed by atoms with Gasteiger partial charge in [-0.15, -0.1) is 0 Å². The fraction of sp³-hybridized carbons (Fsp3) is 0.154. The highest BCUT2D eigenvalue weighted by atomic mass is 19.1. The minimum atomic E-state index is -0.537. The fourth-order valence-electron chi connectivity index (χ4n) is 1.67. The zero-order valence-electron chi connectivity index (χ0n) is 10.8. The van der Waals surface area contributed by atoms with Gasteiger partial charge in [0.05, 0.1) is 4.92 Å². The normalized spacial score (nSPS) is 10.1. The Morgan fingerprint density at radius 1 is 1.35 bits per heavy atom. The molecule has 0 unspecified atom stereocenters. The topological polar surface area (TPSA) is 80.1 Å². The number of aromatic nitrogens is 1. The van der Waals surface area contributed by atoms with Crippen molar-refractivity contribution in [1.29, 1.82) is 0 Å². The Hall–Kier alpha value is -2.70. The molecule has 0 saturated heterocycles. The smallest absolute Gasteiger partial charge is 0.311 e. The highest BCUT2D eigenvalue weighted by Crippen LogP contribution is 2.27. The summed E-state index contributed by atoms with van der Waals surface area (Å²) < 4.78 is 13.1. The Kier molecular flexibility index (Phi) is 4.09. The summed E-state index contributed by atoms with van der Waals surface area (Å²) in [4.78, 5) is 14.6. The van der Waals surface area contributed by atoms with E-state index in [1.807, 2.05) is 6.92 Å². The SMILES string of the molecule is CCNc1ccc([N+](=O)[O-])c(Nc2cccc(F)c2)n1. The van der Waals surface area contributed by atoms with E-state index in [2.05, 4.69) is 15.6 Å². The molecule has 104 valence electrons. The van der Waals surface area contributed by atoms with Gasteiger partial charge in [0.2, 0.25) is 5.82 Å². The van der Waals surface area contributed by atoms with Crippen LogP contribution < -0.4 is 10.6 Å². The van der Waals surface area contributed by atoms with Crippen molar-refractivity contribution in [1.82, 2.24) is 4.98 Å². The molecule has 0 spiro atoms. The summed E-state index contributed by atoms with van der Waals surface area (Å²) in [6.45, 7) is 2.53. The molecular weight excluding hydrogens is 263 g/mol. The molecule has 0 aliphatic rings. The average molecular weight is 276 g/mol. The number of rotatable bonds is 5. The highest BCUT2D eigenvalue weighted by molar-refractivity contribution is 5.67. The quantitative estimate of drug-likeness (QED) is 0.647. The summed E-state index contributed by atoms with van der Waals surface area (Å²) in [6.07, 6.45) is 0. The Bertz CT molecular complexity index is 634. The summed E-state index contributed by atoms with van der Waals surface area (Å²) in [5.74, 6) is 0.150. The standard InChI is InChI=1S/C13H13FN4O2/c1-2-15-12-7-6-11(18(19)20)13(17-12)16-10-5-3-4-9(14)8-10/h3-8H,2H2,1H3,(H2,15,16,17). The molecule has 0 atom stereocenters. The number of anilines is 3. The number of nitro groups is 1. The predicted octanol–water partition coefficient (Wildman–Crippen LogP) is 3.30. The van der Waals surface area contributed by atoms with E-state index in [4.69, 9.17) is 0 Å². The fourth-order valence-corrected chi connectivity index (χ4v) is 1.67. The van der Waals surface area contributed by atoms with Gasteiger partial charge in [-0.2, -0.15) is 0 Å². The van der Waals surface area contributed by atoms with Crippen LogP contribution in [-0.4, -0.2) is 16.5 Å². The third-order valence-electron chi connectivity index (χ3n) is 2.52. The second-order valence-electron chi connectivity index (χ2n) is 3.99. The Morgan fingerprint density at radius 3 is 2.80 bits per heavy atom. The van der Waals surface area contributed by atoms with Crippen molar-refractivity contribution >= 4 is 23.0 Å². The Balaban J connectivity index is 2.36. The van der Waals surface area contributed by atoms with E-state index in [1.54, 1.807) is 6.07 Å². The third-order valence-corrected chi connectivity index (χ3v) is 2.52. The van der Waals surface area contributed by atoms with Gasteiger partial charge in [-0.1, -0.05) is 6.07 Å². The summed E-state index contributed by atoms with van der Waals surface area (Å²) in [6, 6.07) is 8.53. The van der Waals surface area contributed by atoms with E-state index in [9.17, 15) is 14.5 Å². The molecule has 1 aromatic heterocycles. The van der Waals surface area contributed by atoms with Crippen molar-refractivity contribution in [3.63, 3.8) is 0 Å². The molecule has 0 saturated carbocycles. The van der Waals surface area contributed by atoms with Gasteiger partial charge in [-0.25, -0.2) is 9.37 Å². The summed E-state index contributed by atoms with van der Waals surface area (Å²) >= 11 is 0. The summed E-state index contributed by atoms with van der Waals surface area (Å²) in [5, 5.41) is 16.7. The van der Waals surface area contributed by atoms with E-state index >= 15 is 0 Å². The largest absolute Gasteiger partial charge is 0.370 e. The minimum absolute atomic E-state index is 0.0686. The van der Waals surface area contributed by atoms with Crippen molar-refractivity contribution in [2.45, 2.75) is 6.92 Å². The zero-order chi connectivity index (χ0) is 14.5. The van der Waals surface area contributed by atoms with Crippen LogP contribution in [0, 0.1) is 15.9 Å². The second-order valence-corrected chi connectivity index (χ2v) is 3.99. The molecule has 0 aliphatic carbocycles. The van der Waals surface area contributed by atoms with E-state index in [0.717, 1.165) is 0 Å². The average Bonchev–Trinajstić information content (AvgIpc) is 2.39. The van der Waals surface area contributed by atoms with Crippen molar-refractivity contribution in [3.05, 3.63) is 52.3 Å². The van der Waals surface area contributed by atoms with Crippen LogP contribution >= 0.6 is 0 Å². The van der Waals surface area contributed by atoms with Crippen LogP contribution in [0.5, 0.6) is 0 Å². The zero-order valence-corrected chi connectivity index (χ0v) is 10.8. The van der Waals surface area contributed by atoms with E-state index in [0.29, 0.717) is 18.1 Å². The first-order valence-electron chi connectivity index (χ1n) is 6.02. The van der Waals surface area contributed by atoms with Crippen molar-refractivity contribution in [2.75, 3.05) is 17.2 Å². The van der Waals surface area contributed by atoms with E-state index in [1.165, 1.54) is 30.3 Å². The van der Waals surface area contributed by atoms with Gasteiger partial charge >= 0.3 is 5.69 Å². The van der Waals surface area contributed by atoms with Crippen molar-refractivity contribution in [3.8, 4) is 0 Å². The van der Waals surface area contributed by atoms with Crippen LogP contribution in [0.1, 0.15) is 6.92 Å². The number of nitrogens with zero attached hydrogens (tertiary/aromatic N) is 2. The van der Waals surface area contributed by atoms with Crippen LogP contribution in [0.25, 0.3) is 0 Å². The van der Waals surface area contributed by atoms with Gasteiger partial charge in [0.15, 0.2) is 0 Å². The van der Waals surface area contributed by atoms with Crippen molar-refractivity contribution < 1.29 is 9.31 Å². The molecule has 0 fully saturated rings. The Labute approximate surface area is 114 Å². The van der Waals surface area contributed by atoms with Crippen LogP contribution in [0.2, 0.25) is 0 Å². The van der Waals surface area contributed by atoms with Gasteiger partial charge in [0, 0.05) is 18.3 Å². The molecule has 2 rings (SSSR count). The molecule has 1 heterocycles. The monoisotopic (exact) mass is 276 g/mol. The third kappa shape index (κ3) is 3.19. The summed E-state index contributed by atoms with van der Waals surface area (Å²) in [5.41, 5.74) is 0.227. The predicted molar refractivity (Wildman–Crippen MR) is 74.7 cm³/mol. The molecule has 6 nitrogen and oxygen atoms in total. The van der Waals surface area contributed by atoms with Gasteiger partial charge in [0.1, 0.15) is 11.6 Å². The maximum atomic E-state index is 13.1. The lowest BCUT2D eigenvalue weighted by molar-refractivity contribution is -0.384. The first-order valence-corrected chi connectivity index (χ1v) is 6.02. The molecule has 2 N–H and O–H groups in total. The first-order chi connectivity index (χ1) is 9.60. The van der Waals surface area contributed by atoms with Crippen LogP contribution in [-0.2, 0) is 0 Å². The molecular formula is C13H13FN4O2. The molecule has 1 aromatic carbocycles. The molecule has 0 aliphatic heterocycles. The van der Waals surface area contributed by atoms with E-state index in [-0.39, 0.29) is 11.5 Å².